The van der Waals surface area contributed by atoms with Gasteiger partial charge >= 0.3 is 11.9 Å². The number of carboxylic acids is 2. The predicted molar refractivity (Wildman–Crippen MR) is 51.6 cm³/mol. The number of hydrogen-bond acceptors (Lipinski definition) is 4. The maximum absolute atomic E-state index is 10.4. The Kier molecular flexibility index (Phi) is 3.58. The third kappa shape index (κ3) is 2.81. The molecule has 5 nitrogen and oxygen atoms in total. The average Bonchev–Trinajstić information content (AvgIpc) is 2.55. The molecule has 0 saturated carbocycles. The van der Waals surface area contributed by atoms with Crippen LogP contribution in [0, 0.1) is 0 Å². The molecule has 6 heteroatoms. The Morgan fingerprint density at radius 2 is 2.07 bits per heavy atom. The summed E-state index contributed by atoms with van der Waals surface area (Å²) < 4.78 is 0. The highest BCUT2D eigenvalue weighted by Crippen LogP contribution is 2.19. The number of hydrogen-bond donors (Lipinski definition) is 3. The number of carboxylic acid groups (broad SMARTS) is 2. The second-order valence-electron chi connectivity index (χ2n) is 2.58. The predicted octanol–water partition coefficient (Wildman–Crippen LogP) is 0.607. The molecule has 1 rings (SSSR count). The summed E-state index contributed by atoms with van der Waals surface area (Å²) in [5.74, 6) is -1.96. The van der Waals surface area contributed by atoms with Crippen molar-refractivity contribution < 1.29 is 19.8 Å². The summed E-state index contributed by atoms with van der Waals surface area (Å²) in [7, 11) is 0. The van der Waals surface area contributed by atoms with Gasteiger partial charge in [-0.1, -0.05) is 0 Å². The van der Waals surface area contributed by atoms with Crippen LogP contribution < -0.4 is 5.32 Å². The minimum atomic E-state index is -1.45. The minimum absolute atomic E-state index is 0.664. The van der Waals surface area contributed by atoms with Gasteiger partial charge in [-0.15, -0.1) is 11.8 Å². The van der Waals surface area contributed by atoms with Gasteiger partial charge in [0, 0.05) is 17.6 Å². The van der Waals surface area contributed by atoms with Gasteiger partial charge < -0.3 is 15.5 Å². The number of carbonyl (C=O) groups is 2. The van der Waals surface area contributed by atoms with Gasteiger partial charge in [-0.05, 0) is 11.8 Å². The van der Waals surface area contributed by atoms with Crippen LogP contribution in [-0.4, -0.2) is 27.9 Å². The van der Waals surface area contributed by atoms with Crippen molar-refractivity contribution >= 4 is 23.7 Å². The fourth-order valence-corrected chi connectivity index (χ4v) is 1.72. The molecular weight excluding hydrogens is 206 g/mol. The fraction of sp³-hybridized carbons (Fsp3) is 0.250. The normalized spacial score (nSPS) is 14.4. The van der Waals surface area contributed by atoms with Crippen LogP contribution in [0.25, 0.3) is 0 Å². The summed E-state index contributed by atoms with van der Waals surface area (Å²) in [4.78, 5) is 20.9. The van der Waals surface area contributed by atoms with E-state index in [4.69, 9.17) is 10.2 Å². The van der Waals surface area contributed by atoms with Gasteiger partial charge in [-0.25, -0.2) is 9.59 Å². The summed E-state index contributed by atoms with van der Waals surface area (Å²) >= 11 is 1.60. The molecule has 0 unspecified atom stereocenters. The minimum Gasteiger partial charge on any atom is -0.477 e. The Balaban J connectivity index is 2.63. The van der Waals surface area contributed by atoms with Crippen LogP contribution >= 0.6 is 11.8 Å². The Morgan fingerprint density at radius 1 is 1.43 bits per heavy atom. The van der Waals surface area contributed by atoms with Crippen molar-refractivity contribution in [3.8, 4) is 0 Å². The fourth-order valence-electron chi connectivity index (χ4n) is 0.873. The van der Waals surface area contributed by atoms with Gasteiger partial charge in [0.1, 0.15) is 0 Å². The van der Waals surface area contributed by atoms with Crippen LogP contribution in [0.5, 0.6) is 0 Å². The zero-order valence-electron chi connectivity index (χ0n) is 7.19. The first-order chi connectivity index (χ1) is 6.61. The van der Waals surface area contributed by atoms with E-state index < -0.39 is 17.5 Å². The first-order valence-corrected chi connectivity index (χ1v) is 4.90. The summed E-state index contributed by atoms with van der Waals surface area (Å²) in [6.45, 7) is 0. The number of allylic oxidation sites excluding steroid dienone is 1. The lowest BCUT2D eigenvalue weighted by molar-refractivity contribution is -0.140. The van der Waals surface area contributed by atoms with E-state index in [1.807, 2.05) is 5.41 Å². The average molecular weight is 215 g/mol. The molecule has 1 aliphatic heterocycles. The van der Waals surface area contributed by atoms with E-state index in [1.165, 1.54) is 0 Å². The van der Waals surface area contributed by atoms with E-state index in [9.17, 15) is 9.59 Å². The Hall–Kier alpha value is -1.43. The SMILES string of the molecule is O=C(O)C(=CNC1=CSCC1)C(=O)O. The number of thioether (sulfide) groups is 1. The molecular formula is C8H9NO4S. The molecule has 1 heterocycles. The highest BCUT2D eigenvalue weighted by molar-refractivity contribution is 8.02. The maximum Gasteiger partial charge on any atom is 0.344 e. The van der Waals surface area contributed by atoms with Crippen LogP contribution in [-0.2, 0) is 9.59 Å². The number of aliphatic carboxylic acids is 2. The van der Waals surface area contributed by atoms with E-state index in [0.717, 1.165) is 24.1 Å². The highest BCUT2D eigenvalue weighted by Gasteiger charge is 2.15. The van der Waals surface area contributed by atoms with Crippen molar-refractivity contribution in [3.63, 3.8) is 0 Å². The molecule has 0 fully saturated rings. The molecule has 0 atom stereocenters. The second kappa shape index (κ2) is 4.71. The summed E-state index contributed by atoms with van der Waals surface area (Å²) in [5, 5.41) is 21.5. The lowest BCUT2D eigenvalue weighted by Gasteiger charge is -2.00. The van der Waals surface area contributed by atoms with Gasteiger partial charge in [0.2, 0.25) is 0 Å². The molecule has 3 N–H and O–H groups in total. The van der Waals surface area contributed by atoms with Gasteiger partial charge in [-0.3, -0.25) is 0 Å². The van der Waals surface area contributed by atoms with Crippen molar-refractivity contribution in [3.05, 3.63) is 22.9 Å². The van der Waals surface area contributed by atoms with Crippen molar-refractivity contribution in [2.24, 2.45) is 0 Å². The molecule has 0 amide bonds. The lowest BCUT2D eigenvalue weighted by atomic mass is 10.3. The van der Waals surface area contributed by atoms with Crippen LogP contribution in [0.1, 0.15) is 6.42 Å². The highest BCUT2D eigenvalue weighted by atomic mass is 32.2. The summed E-state index contributed by atoms with van der Waals surface area (Å²) in [6, 6.07) is 0. The summed E-state index contributed by atoms with van der Waals surface area (Å²) in [5.41, 5.74) is 0.179. The standard InChI is InChI=1S/C8H9NO4S/c10-7(11)6(8(12)13)3-9-5-1-2-14-4-5/h3-4,9H,1-2H2,(H,10,11)(H,12,13). The molecule has 14 heavy (non-hydrogen) atoms. The van der Waals surface area contributed by atoms with Gasteiger partial charge in [0.15, 0.2) is 5.57 Å². The van der Waals surface area contributed by atoms with E-state index in [0.29, 0.717) is 0 Å². The molecule has 0 aromatic rings. The van der Waals surface area contributed by atoms with Gasteiger partial charge in [0.05, 0.1) is 0 Å². The topological polar surface area (TPSA) is 86.6 Å². The summed E-state index contributed by atoms with van der Waals surface area (Å²) in [6.07, 6.45) is 1.80. The first kappa shape index (κ1) is 10.6. The molecule has 1 aliphatic rings. The molecule has 0 radical (unpaired) electrons. The second-order valence-corrected chi connectivity index (χ2v) is 3.55. The Morgan fingerprint density at radius 3 is 2.50 bits per heavy atom. The Bertz CT molecular complexity index is 305. The van der Waals surface area contributed by atoms with E-state index >= 15 is 0 Å². The molecule has 0 aromatic carbocycles. The molecule has 76 valence electrons. The zero-order chi connectivity index (χ0) is 10.6. The van der Waals surface area contributed by atoms with Crippen molar-refractivity contribution in [1.82, 2.24) is 5.32 Å². The quantitative estimate of drug-likeness (QED) is 0.362. The molecule has 0 saturated heterocycles. The van der Waals surface area contributed by atoms with E-state index in [1.54, 1.807) is 11.8 Å². The van der Waals surface area contributed by atoms with E-state index in [2.05, 4.69) is 5.32 Å². The third-order valence-corrected chi connectivity index (χ3v) is 2.47. The van der Waals surface area contributed by atoms with Crippen LogP contribution in [0.15, 0.2) is 22.9 Å². The molecule has 0 aromatic heterocycles. The monoisotopic (exact) mass is 215 g/mol. The number of rotatable bonds is 4. The molecule has 0 aliphatic carbocycles. The van der Waals surface area contributed by atoms with Crippen LogP contribution in [0.3, 0.4) is 0 Å². The first-order valence-electron chi connectivity index (χ1n) is 3.85. The van der Waals surface area contributed by atoms with E-state index in [-0.39, 0.29) is 0 Å². The smallest absolute Gasteiger partial charge is 0.344 e. The van der Waals surface area contributed by atoms with Crippen molar-refractivity contribution in [2.75, 3.05) is 5.75 Å². The molecule has 0 spiro atoms. The largest absolute Gasteiger partial charge is 0.477 e. The third-order valence-electron chi connectivity index (χ3n) is 1.58. The molecule has 0 bridgehead atoms. The van der Waals surface area contributed by atoms with Crippen molar-refractivity contribution in [1.29, 1.82) is 0 Å². The van der Waals surface area contributed by atoms with Gasteiger partial charge in [0.25, 0.3) is 0 Å². The van der Waals surface area contributed by atoms with Crippen LogP contribution in [0.2, 0.25) is 0 Å². The maximum atomic E-state index is 10.4. The zero-order valence-corrected chi connectivity index (χ0v) is 8.00. The lowest BCUT2D eigenvalue weighted by Crippen LogP contribution is -2.15. The van der Waals surface area contributed by atoms with Gasteiger partial charge in [-0.2, -0.15) is 0 Å². The Labute approximate surface area is 84.5 Å². The van der Waals surface area contributed by atoms with Crippen LogP contribution in [0.4, 0.5) is 0 Å². The number of nitrogens with one attached hydrogen (secondary N) is 1. The van der Waals surface area contributed by atoms with Crippen molar-refractivity contribution in [2.45, 2.75) is 6.42 Å².